The van der Waals surface area contributed by atoms with Crippen molar-refractivity contribution in [3.05, 3.63) is 42.1 Å². The third kappa shape index (κ3) is 4.77. The second-order valence-corrected chi connectivity index (χ2v) is 6.86. The molecule has 0 saturated heterocycles. The highest BCUT2D eigenvalue weighted by atomic mass is 16.5. The smallest absolute Gasteiger partial charge is 0.163 e. The Morgan fingerprint density at radius 1 is 1.07 bits per heavy atom. The number of nitrogens with zero attached hydrogens (tertiary/aromatic N) is 5. The fourth-order valence-electron chi connectivity index (χ4n) is 2.70. The van der Waals surface area contributed by atoms with Gasteiger partial charge in [0.15, 0.2) is 11.6 Å². The first-order valence-corrected chi connectivity index (χ1v) is 9.12. The number of H-pyrrole nitrogens is 1. The number of nitrogens with one attached hydrogen (secondary N) is 2. The SMILES string of the molecule is COCCN(C)c1cc(Nc2cc(C)[nH]n2)nc(-c2cccc(N(C)C)c2)n1. The summed E-state index contributed by atoms with van der Waals surface area (Å²) in [7, 11) is 7.71. The molecule has 8 nitrogen and oxygen atoms in total. The van der Waals surface area contributed by atoms with Crippen molar-refractivity contribution in [1.82, 2.24) is 20.2 Å². The van der Waals surface area contributed by atoms with Crippen LogP contribution in [0.15, 0.2) is 36.4 Å². The van der Waals surface area contributed by atoms with Gasteiger partial charge in [-0.1, -0.05) is 12.1 Å². The lowest BCUT2D eigenvalue weighted by Gasteiger charge is -2.19. The molecule has 3 aromatic rings. The molecule has 28 heavy (non-hydrogen) atoms. The van der Waals surface area contributed by atoms with Crippen LogP contribution in [0, 0.1) is 6.92 Å². The van der Waals surface area contributed by atoms with Crippen LogP contribution in [0.5, 0.6) is 0 Å². The van der Waals surface area contributed by atoms with Crippen LogP contribution >= 0.6 is 0 Å². The average molecular weight is 381 g/mol. The van der Waals surface area contributed by atoms with Crippen molar-refractivity contribution >= 4 is 23.1 Å². The Bertz CT molecular complexity index is 922. The number of anilines is 4. The Labute approximate surface area is 165 Å². The molecule has 0 aliphatic heterocycles. The molecule has 0 amide bonds. The van der Waals surface area contributed by atoms with Crippen LogP contribution in [0.25, 0.3) is 11.4 Å². The third-order valence-corrected chi connectivity index (χ3v) is 4.32. The number of aromatic nitrogens is 4. The molecule has 3 rings (SSSR count). The highest BCUT2D eigenvalue weighted by Gasteiger charge is 2.12. The summed E-state index contributed by atoms with van der Waals surface area (Å²) in [6.07, 6.45) is 0. The Kier molecular flexibility index (Phi) is 6.10. The molecular weight excluding hydrogens is 354 g/mol. The van der Waals surface area contributed by atoms with Gasteiger partial charge in [-0.25, -0.2) is 9.97 Å². The predicted octanol–water partition coefficient (Wildman–Crippen LogP) is 3.07. The van der Waals surface area contributed by atoms with E-state index < -0.39 is 0 Å². The normalized spacial score (nSPS) is 10.8. The number of aromatic amines is 1. The van der Waals surface area contributed by atoms with E-state index in [1.54, 1.807) is 7.11 Å². The number of ether oxygens (including phenoxy) is 1. The molecule has 2 N–H and O–H groups in total. The minimum atomic E-state index is 0.618. The van der Waals surface area contributed by atoms with Crippen molar-refractivity contribution in [2.75, 3.05) is 56.5 Å². The Balaban J connectivity index is 2.00. The van der Waals surface area contributed by atoms with Crippen molar-refractivity contribution in [1.29, 1.82) is 0 Å². The van der Waals surface area contributed by atoms with E-state index in [-0.39, 0.29) is 0 Å². The van der Waals surface area contributed by atoms with Crippen LogP contribution in [0.2, 0.25) is 0 Å². The van der Waals surface area contributed by atoms with Gasteiger partial charge in [0.2, 0.25) is 0 Å². The van der Waals surface area contributed by atoms with Gasteiger partial charge in [0, 0.05) is 63.9 Å². The van der Waals surface area contributed by atoms with E-state index in [0.29, 0.717) is 18.2 Å². The molecule has 0 aliphatic rings. The zero-order chi connectivity index (χ0) is 20.1. The summed E-state index contributed by atoms with van der Waals surface area (Å²) in [5.74, 6) is 2.87. The summed E-state index contributed by atoms with van der Waals surface area (Å²) < 4.78 is 5.20. The van der Waals surface area contributed by atoms with Gasteiger partial charge in [0.05, 0.1) is 6.61 Å². The summed E-state index contributed by atoms with van der Waals surface area (Å²) >= 11 is 0. The van der Waals surface area contributed by atoms with Gasteiger partial charge in [-0.15, -0.1) is 0 Å². The van der Waals surface area contributed by atoms with Crippen LogP contribution in [0.4, 0.5) is 23.1 Å². The van der Waals surface area contributed by atoms with E-state index in [9.17, 15) is 0 Å². The van der Waals surface area contributed by atoms with E-state index in [1.165, 1.54) is 0 Å². The quantitative estimate of drug-likeness (QED) is 0.620. The number of methoxy groups -OCH3 is 1. The van der Waals surface area contributed by atoms with Gasteiger partial charge in [-0.05, 0) is 19.1 Å². The Morgan fingerprint density at radius 2 is 1.89 bits per heavy atom. The van der Waals surface area contributed by atoms with Crippen molar-refractivity contribution in [2.24, 2.45) is 0 Å². The number of rotatable bonds is 8. The molecular formula is C20H27N7O. The fourth-order valence-corrected chi connectivity index (χ4v) is 2.70. The van der Waals surface area contributed by atoms with E-state index >= 15 is 0 Å². The van der Waals surface area contributed by atoms with Crippen molar-refractivity contribution < 1.29 is 4.74 Å². The zero-order valence-electron chi connectivity index (χ0n) is 17.0. The van der Waals surface area contributed by atoms with Crippen LogP contribution in [-0.2, 0) is 4.74 Å². The molecule has 1 aromatic carbocycles. The molecule has 0 aliphatic carbocycles. The van der Waals surface area contributed by atoms with Gasteiger partial charge in [0.25, 0.3) is 0 Å². The largest absolute Gasteiger partial charge is 0.383 e. The zero-order valence-corrected chi connectivity index (χ0v) is 17.0. The average Bonchev–Trinajstić information content (AvgIpc) is 3.10. The lowest BCUT2D eigenvalue weighted by molar-refractivity contribution is 0.206. The maximum atomic E-state index is 5.20. The van der Waals surface area contributed by atoms with E-state index in [2.05, 4.69) is 32.5 Å². The minimum absolute atomic E-state index is 0.618. The van der Waals surface area contributed by atoms with Crippen LogP contribution in [-0.4, -0.2) is 61.6 Å². The second kappa shape index (κ2) is 8.71. The van der Waals surface area contributed by atoms with E-state index in [1.807, 2.05) is 57.2 Å². The van der Waals surface area contributed by atoms with Crippen LogP contribution in [0.3, 0.4) is 0 Å². The summed E-state index contributed by atoms with van der Waals surface area (Å²) in [5, 5.41) is 10.4. The molecule has 2 heterocycles. The maximum absolute atomic E-state index is 5.20. The molecule has 0 atom stereocenters. The summed E-state index contributed by atoms with van der Waals surface area (Å²) in [6, 6.07) is 12.0. The van der Waals surface area contributed by atoms with Gasteiger partial charge in [-0.3, -0.25) is 5.10 Å². The topological polar surface area (TPSA) is 82.2 Å². The minimum Gasteiger partial charge on any atom is -0.383 e. The predicted molar refractivity (Wildman–Crippen MR) is 114 cm³/mol. The first kappa shape index (κ1) is 19.6. The second-order valence-electron chi connectivity index (χ2n) is 6.86. The number of hydrogen-bond donors (Lipinski definition) is 2. The van der Waals surface area contributed by atoms with Crippen molar-refractivity contribution in [2.45, 2.75) is 6.92 Å². The molecule has 148 valence electrons. The van der Waals surface area contributed by atoms with Gasteiger partial charge in [-0.2, -0.15) is 5.10 Å². The standard InChI is InChI=1S/C20H27N7O/c1-14-11-18(25-24-14)21-17-13-19(27(4)9-10-28-5)23-20(22-17)15-7-6-8-16(12-15)26(2)3/h6-8,11-13H,9-10H2,1-5H3,(H2,21,22,23,24,25). The third-order valence-electron chi connectivity index (χ3n) is 4.32. The molecule has 0 saturated carbocycles. The molecule has 0 radical (unpaired) electrons. The number of aryl methyl sites for hydroxylation is 1. The lowest BCUT2D eigenvalue weighted by atomic mass is 10.2. The van der Waals surface area contributed by atoms with Crippen molar-refractivity contribution in [3.8, 4) is 11.4 Å². The maximum Gasteiger partial charge on any atom is 0.163 e. The summed E-state index contributed by atoms with van der Waals surface area (Å²) in [4.78, 5) is 13.6. The highest BCUT2D eigenvalue weighted by Crippen LogP contribution is 2.26. The van der Waals surface area contributed by atoms with E-state index in [4.69, 9.17) is 14.7 Å². The number of benzene rings is 1. The first-order valence-electron chi connectivity index (χ1n) is 9.12. The Morgan fingerprint density at radius 3 is 2.57 bits per heavy atom. The molecule has 0 unspecified atom stereocenters. The highest BCUT2D eigenvalue weighted by molar-refractivity contribution is 5.67. The number of likely N-dealkylation sites (N-methyl/N-ethyl adjacent to an activating group) is 1. The number of hydrogen-bond acceptors (Lipinski definition) is 7. The van der Waals surface area contributed by atoms with Gasteiger partial charge < -0.3 is 19.9 Å². The Hall–Kier alpha value is -3.13. The van der Waals surface area contributed by atoms with Gasteiger partial charge in [0.1, 0.15) is 11.6 Å². The van der Waals surface area contributed by atoms with Crippen LogP contribution in [0.1, 0.15) is 5.69 Å². The van der Waals surface area contributed by atoms with Crippen LogP contribution < -0.4 is 15.1 Å². The molecule has 0 bridgehead atoms. The fraction of sp³-hybridized carbons (Fsp3) is 0.350. The molecule has 2 aromatic heterocycles. The molecule has 0 spiro atoms. The first-order chi connectivity index (χ1) is 13.5. The van der Waals surface area contributed by atoms with E-state index in [0.717, 1.165) is 35.1 Å². The summed E-state index contributed by atoms with van der Waals surface area (Å²) in [5.41, 5.74) is 3.03. The molecule has 8 heteroatoms. The monoisotopic (exact) mass is 381 g/mol. The lowest BCUT2D eigenvalue weighted by Crippen LogP contribution is -2.23. The van der Waals surface area contributed by atoms with Crippen molar-refractivity contribution in [3.63, 3.8) is 0 Å². The van der Waals surface area contributed by atoms with Gasteiger partial charge >= 0.3 is 0 Å². The molecule has 0 fully saturated rings. The summed E-state index contributed by atoms with van der Waals surface area (Å²) in [6.45, 7) is 3.30.